The molecule has 1 fully saturated rings. The molecule has 2 aliphatic carbocycles. The van der Waals surface area contributed by atoms with Crippen molar-refractivity contribution in [1.82, 2.24) is 0 Å². The van der Waals surface area contributed by atoms with Crippen LogP contribution in [0, 0.1) is 17.8 Å². The van der Waals surface area contributed by atoms with Crippen molar-refractivity contribution in [3.05, 3.63) is 41.5 Å². The van der Waals surface area contributed by atoms with Crippen molar-refractivity contribution in [3.8, 4) is 5.75 Å². The van der Waals surface area contributed by atoms with E-state index in [2.05, 4.69) is 44.2 Å². The minimum absolute atomic E-state index is 0.855. The van der Waals surface area contributed by atoms with Gasteiger partial charge in [0, 0.05) is 0 Å². The lowest BCUT2D eigenvalue weighted by Gasteiger charge is -2.30. The van der Waals surface area contributed by atoms with Crippen LogP contribution in [0.2, 0.25) is 0 Å². The molecule has 0 spiro atoms. The lowest BCUT2D eigenvalue weighted by atomic mass is 9.76. The summed E-state index contributed by atoms with van der Waals surface area (Å²) in [5.41, 5.74) is 3.16. The minimum atomic E-state index is 0.855. The SMILES string of the molecule is CCCCCCOc1ccc(CCC2=CCC(CCC3CCC(CCCC)CC3)CC2)cc1. The Kier molecular flexibility index (Phi) is 12.5. The van der Waals surface area contributed by atoms with Gasteiger partial charge in [-0.05, 0) is 80.4 Å². The zero-order chi connectivity index (χ0) is 23.1. The van der Waals surface area contributed by atoms with Crippen molar-refractivity contribution in [3.63, 3.8) is 0 Å². The van der Waals surface area contributed by atoms with Gasteiger partial charge in [0.1, 0.15) is 5.75 Å². The third-order valence-electron chi connectivity index (χ3n) is 8.45. The summed E-state index contributed by atoms with van der Waals surface area (Å²) in [5, 5.41) is 0. The maximum Gasteiger partial charge on any atom is 0.119 e. The van der Waals surface area contributed by atoms with Crippen LogP contribution in [0.15, 0.2) is 35.9 Å². The summed E-state index contributed by atoms with van der Waals surface area (Å²) in [7, 11) is 0. The van der Waals surface area contributed by atoms with Gasteiger partial charge in [-0.2, -0.15) is 0 Å². The first kappa shape index (κ1) is 26.4. The molecule has 1 nitrogen and oxygen atoms in total. The molecule has 2 aliphatic rings. The van der Waals surface area contributed by atoms with Gasteiger partial charge in [0.25, 0.3) is 0 Å². The van der Waals surface area contributed by atoms with Gasteiger partial charge < -0.3 is 4.74 Å². The molecule has 186 valence electrons. The first-order valence-electron chi connectivity index (χ1n) is 14.7. The van der Waals surface area contributed by atoms with Crippen molar-refractivity contribution >= 4 is 0 Å². The Hall–Kier alpha value is -1.24. The number of benzene rings is 1. The van der Waals surface area contributed by atoms with E-state index in [4.69, 9.17) is 4.74 Å². The standard InChI is InChI=1S/C32H52O/c1-3-5-7-8-26-33-32-24-22-31(23-25-32)21-20-30-18-16-29(17-19-30)15-14-28-12-10-27(11-13-28)9-6-4-2/h18,22-25,27-29H,3-17,19-21,26H2,1-2H3. The van der Waals surface area contributed by atoms with Gasteiger partial charge in [0.15, 0.2) is 0 Å². The second-order valence-electron chi connectivity index (χ2n) is 11.2. The van der Waals surface area contributed by atoms with Crippen molar-refractivity contribution in [1.29, 1.82) is 0 Å². The molecule has 1 saturated carbocycles. The molecule has 1 unspecified atom stereocenters. The smallest absolute Gasteiger partial charge is 0.119 e. The molecular weight excluding hydrogens is 400 g/mol. The molecule has 33 heavy (non-hydrogen) atoms. The molecule has 1 aromatic carbocycles. The van der Waals surface area contributed by atoms with Gasteiger partial charge in [-0.15, -0.1) is 0 Å². The third-order valence-corrected chi connectivity index (χ3v) is 8.45. The van der Waals surface area contributed by atoms with E-state index in [1.807, 2.05) is 0 Å². The summed E-state index contributed by atoms with van der Waals surface area (Å²) < 4.78 is 5.89. The van der Waals surface area contributed by atoms with Gasteiger partial charge >= 0.3 is 0 Å². The molecule has 0 radical (unpaired) electrons. The maximum atomic E-state index is 5.89. The van der Waals surface area contributed by atoms with Crippen LogP contribution in [-0.4, -0.2) is 6.61 Å². The first-order valence-corrected chi connectivity index (χ1v) is 14.7. The van der Waals surface area contributed by atoms with Gasteiger partial charge in [0.2, 0.25) is 0 Å². The fourth-order valence-electron chi connectivity index (χ4n) is 5.98. The highest BCUT2D eigenvalue weighted by Crippen LogP contribution is 2.37. The Morgan fingerprint density at radius 2 is 1.39 bits per heavy atom. The molecule has 0 aliphatic heterocycles. The Morgan fingerprint density at radius 1 is 0.697 bits per heavy atom. The minimum Gasteiger partial charge on any atom is -0.494 e. The molecule has 1 heteroatoms. The van der Waals surface area contributed by atoms with Crippen LogP contribution >= 0.6 is 0 Å². The van der Waals surface area contributed by atoms with E-state index < -0.39 is 0 Å². The summed E-state index contributed by atoms with van der Waals surface area (Å²) >= 11 is 0. The lowest BCUT2D eigenvalue weighted by Crippen LogP contribution is -2.16. The number of hydrogen-bond donors (Lipinski definition) is 0. The van der Waals surface area contributed by atoms with E-state index in [0.717, 1.165) is 30.1 Å². The molecule has 3 rings (SSSR count). The summed E-state index contributed by atoms with van der Waals surface area (Å²) in [5.74, 6) is 4.09. The van der Waals surface area contributed by atoms with Gasteiger partial charge in [-0.1, -0.05) is 108 Å². The topological polar surface area (TPSA) is 9.23 Å². The zero-order valence-corrected chi connectivity index (χ0v) is 22.0. The molecule has 0 amide bonds. The summed E-state index contributed by atoms with van der Waals surface area (Å²) in [6.07, 6.45) is 27.6. The predicted molar refractivity (Wildman–Crippen MR) is 144 cm³/mol. The van der Waals surface area contributed by atoms with Gasteiger partial charge in [-0.3, -0.25) is 0 Å². The molecule has 0 saturated heterocycles. The number of ether oxygens (including phenoxy) is 1. The van der Waals surface area contributed by atoms with E-state index in [-0.39, 0.29) is 0 Å². The lowest BCUT2D eigenvalue weighted by molar-refractivity contribution is 0.235. The van der Waals surface area contributed by atoms with Crippen LogP contribution in [0.4, 0.5) is 0 Å². The van der Waals surface area contributed by atoms with Crippen LogP contribution in [0.25, 0.3) is 0 Å². The van der Waals surface area contributed by atoms with Gasteiger partial charge in [0.05, 0.1) is 6.61 Å². The van der Waals surface area contributed by atoms with Crippen molar-refractivity contribution < 1.29 is 4.74 Å². The summed E-state index contributed by atoms with van der Waals surface area (Å²) in [6.45, 7) is 5.44. The molecule has 0 bridgehead atoms. The van der Waals surface area contributed by atoms with E-state index in [1.165, 1.54) is 121 Å². The van der Waals surface area contributed by atoms with Crippen molar-refractivity contribution in [2.24, 2.45) is 17.8 Å². The predicted octanol–water partition coefficient (Wildman–Crippen LogP) is 10.1. The second-order valence-corrected chi connectivity index (χ2v) is 11.2. The maximum absolute atomic E-state index is 5.89. The molecule has 0 aromatic heterocycles. The molecule has 0 heterocycles. The monoisotopic (exact) mass is 452 g/mol. The normalized spacial score (nSPS) is 23.3. The van der Waals surface area contributed by atoms with Gasteiger partial charge in [-0.25, -0.2) is 0 Å². The highest BCUT2D eigenvalue weighted by atomic mass is 16.5. The number of allylic oxidation sites excluding steroid dienone is 2. The molecule has 0 N–H and O–H groups in total. The van der Waals surface area contributed by atoms with Crippen molar-refractivity contribution in [2.75, 3.05) is 6.61 Å². The Bertz CT molecular complexity index is 650. The highest BCUT2D eigenvalue weighted by molar-refractivity contribution is 5.28. The molecule has 1 atom stereocenters. The number of unbranched alkanes of at least 4 members (excludes halogenated alkanes) is 4. The summed E-state index contributed by atoms with van der Waals surface area (Å²) in [6, 6.07) is 8.87. The summed E-state index contributed by atoms with van der Waals surface area (Å²) in [4.78, 5) is 0. The second kappa shape index (κ2) is 15.6. The fraction of sp³-hybridized carbons (Fsp3) is 0.750. The van der Waals surface area contributed by atoms with Crippen LogP contribution in [0.5, 0.6) is 5.75 Å². The third kappa shape index (κ3) is 10.3. The van der Waals surface area contributed by atoms with Crippen LogP contribution in [0.1, 0.15) is 129 Å². The number of aryl methyl sites for hydroxylation is 1. The Labute approximate surface area is 205 Å². The highest BCUT2D eigenvalue weighted by Gasteiger charge is 2.22. The molecular formula is C32H52O. The first-order chi connectivity index (χ1) is 16.3. The zero-order valence-electron chi connectivity index (χ0n) is 22.0. The van der Waals surface area contributed by atoms with Crippen molar-refractivity contribution in [2.45, 2.75) is 129 Å². The van der Waals surface area contributed by atoms with E-state index in [0.29, 0.717) is 0 Å². The number of hydrogen-bond acceptors (Lipinski definition) is 1. The average Bonchev–Trinajstić information content (AvgIpc) is 2.87. The van der Waals surface area contributed by atoms with E-state index >= 15 is 0 Å². The van der Waals surface area contributed by atoms with Crippen LogP contribution in [0.3, 0.4) is 0 Å². The Balaban J connectivity index is 1.27. The molecule has 1 aromatic rings. The van der Waals surface area contributed by atoms with Crippen LogP contribution < -0.4 is 4.74 Å². The Morgan fingerprint density at radius 3 is 2.06 bits per heavy atom. The number of rotatable bonds is 15. The average molecular weight is 453 g/mol. The largest absolute Gasteiger partial charge is 0.494 e. The fourth-order valence-corrected chi connectivity index (χ4v) is 5.98. The van der Waals surface area contributed by atoms with E-state index in [1.54, 1.807) is 5.57 Å². The van der Waals surface area contributed by atoms with Crippen LogP contribution in [-0.2, 0) is 6.42 Å². The quantitative estimate of drug-likeness (QED) is 0.190. The van der Waals surface area contributed by atoms with E-state index in [9.17, 15) is 0 Å².